The highest BCUT2D eigenvalue weighted by Crippen LogP contribution is 2.40. The number of fused-ring (bicyclic) bond motifs is 2. The van der Waals surface area contributed by atoms with Crippen molar-refractivity contribution in [2.45, 2.75) is 15.5 Å². The van der Waals surface area contributed by atoms with Crippen LogP contribution in [0.4, 0.5) is 0 Å². The van der Waals surface area contributed by atoms with Gasteiger partial charge in [-0.1, -0.05) is 58.4 Å². The van der Waals surface area contributed by atoms with Crippen molar-refractivity contribution in [1.82, 2.24) is 0 Å². The summed E-state index contributed by atoms with van der Waals surface area (Å²) in [6, 6.07) is 14.9. The molecule has 18 heavy (non-hydrogen) atoms. The second-order valence-electron chi connectivity index (χ2n) is 4.36. The standard InChI is InChI=1S/C14H11BrO2S/c15-14-11-6-2-1-5-10(11)9-18(16,17)13-8-4-3-7-12(13)14/h1-8,14H,9H2. The Morgan fingerprint density at radius 2 is 1.56 bits per heavy atom. The Hall–Kier alpha value is -1.13. The molecule has 0 saturated carbocycles. The van der Waals surface area contributed by atoms with Gasteiger partial charge in [-0.25, -0.2) is 8.42 Å². The van der Waals surface area contributed by atoms with Gasteiger partial charge in [0.05, 0.1) is 15.5 Å². The number of hydrogen-bond acceptors (Lipinski definition) is 2. The average molecular weight is 323 g/mol. The smallest absolute Gasteiger partial charge is 0.182 e. The van der Waals surface area contributed by atoms with E-state index in [2.05, 4.69) is 15.9 Å². The maximum atomic E-state index is 12.4. The number of hydrogen-bond donors (Lipinski definition) is 0. The first kappa shape index (κ1) is 11.9. The van der Waals surface area contributed by atoms with Crippen molar-refractivity contribution in [3.63, 3.8) is 0 Å². The lowest BCUT2D eigenvalue weighted by Gasteiger charge is -2.12. The summed E-state index contributed by atoms with van der Waals surface area (Å²) in [5.74, 6) is 0.0717. The van der Waals surface area contributed by atoms with E-state index >= 15 is 0 Å². The SMILES string of the molecule is O=S1(=O)Cc2ccccc2C(Br)c2ccccc21. The van der Waals surface area contributed by atoms with Crippen LogP contribution in [0.25, 0.3) is 0 Å². The van der Waals surface area contributed by atoms with E-state index in [1.807, 2.05) is 36.4 Å². The third-order valence-corrected chi connectivity index (χ3v) is 5.92. The molecule has 0 radical (unpaired) electrons. The zero-order valence-corrected chi connectivity index (χ0v) is 11.9. The van der Waals surface area contributed by atoms with E-state index in [1.54, 1.807) is 12.1 Å². The van der Waals surface area contributed by atoms with E-state index in [-0.39, 0.29) is 10.6 Å². The molecule has 1 atom stereocenters. The Bertz CT molecular complexity index is 707. The maximum absolute atomic E-state index is 12.4. The van der Waals surface area contributed by atoms with Gasteiger partial charge < -0.3 is 0 Å². The van der Waals surface area contributed by atoms with Gasteiger partial charge in [0.2, 0.25) is 0 Å². The first-order chi connectivity index (χ1) is 8.59. The third-order valence-electron chi connectivity index (χ3n) is 3.20. The average Bonchev–Trinajstić information content (AvgIpc) is 2.45. The van der Waals surface area contributed by atoms with Crippen LogP contribution in [0.2, 0.25) is 0 Å². The number of benzene rings is 2. The first-order valence-corrected chi connectivity index (χ1v) is 8.20. The number of alkyl halides is 1. The van der Waals surface area contributed by atoms with Crippen LogP contribution in [-0.2, 0) is 15.6 Å². The molecule has 2 nitrogen and oxygen atoms in total. The fourth-order valence-electron chi connectivity index (χ4n) is 2.34. The Morgan fingerprint density at radius 3 is 2.33 bits per heavy atom. The molecule has 0 bridgehead atoms. The van der Waals surface area contributed by atoms with E-state index in [4.69, 9.17) is 0 Å². The molecule has 0 amide bonds. The minimum Gasteiger partial charge on any atom is -0.223 e. The van der Waals surface area contributed by atoms with Crippen LogP contribution in [0.1, 0.15) is 21.5 Å². The van der Waals surface area contributed by atoms with Gasteiger partial charge in [0.25, 0.3) is 0 Å². The highest BCUT2D eigenvalue weighted by atomic mass is 79.9. The second-order valence-corrected chi connectivity index (χ2v) is 7.23. The summed E-state index contributed by atoms with van der Waals surface area (Å²) in [4.78, 5) is 0.366. The molecular weight excluding hydrogens is 312 g/mol. The van der Waals surface area contributed by atoms with E-state index in [9.17, 15) is 8.42 Å². The van der Waals surface area contributed by atoms with Crippen molar-refractivity contribution in [3.05, 3.63) is 65.2 Å². The van der Waals surface area contributed by atoms with Crippen LogP contribution in [0.5, 0.6) is 0 Å². The zero-order chi connectivity index (χ0) is 12.8. The maximum Gasteiger partial charge on any atom is 0.182 e. The molecule has 2 aromatic carbocycles. The minimum atomic E-state index is -3.25. The second kappa shape index (κ2) is 4.21. The van der Waals surface area contributed by atoms with Gasteiger partial charge in [-0.15, -0.1) is 0 Å². The predicted octanol–water partition coefficient (Wildman–Crippen LogP) is 3.46. The highest BCUT2D eigenvalue weighted by Gasteiger charge is 2.29. The Balaban J connectivity index is 2.35. The van der Waals surface area contributed by atoms with Gasteiger partial charge in [0.15, 0.2) is 9.84 Å². The molecule has 2 aromatic rings. The quantitative estimate of drug-likeness (QED) is 0.696. The molecule has 4 heteroatoms. The summed E-state index contributed by atoms with van der Waals surface area (Å²) in [6.45, 7) is 0. The Labute approximate surface area is 115 Å². The van der Waals surface area contributed by atoms with Crippen LogP contribution in [0.15, 0.2) is 53.4 Å². The molecule has 0 aromatic heterocycles. The van der Waals surface area contributed by atoms with Crippen LogP contribution in [-0.4, -0.2) is 8.42 Å². The molecule has 1 heterocycles. The molecule has 0 spiro atoms. The summed E-state index contributed by atoms with van der Waals surface area (Å²) < 4.78 is 24.8. The van der Waals surface area contributed by atoms with E-state index in [1.165, 1.54) is 0 Å². The minimum absolute atomic E-state index is 0.0674. The third kappa shape index (κ3) is 1.80. The molecule has 1 unspecified atom stereocenters. The molecule has 92 valence electrons. The van der Waals surface area contributed by atoms with Gasteiger partial charge in [0.1, 0.15) is 0 Å². The van der Waals surface area contributed by atoms with Gasteiger partial charge in [-0.3, -0.25) is 0 Å². The van der Waals surface area contributed by atoms with Gasteiger partial charge in [-0.2, -0.15) is 0 Å². The number of sulfone groups is 1. The number of rotatable bonds is 0. The molecule has 0 fully saturated rings. The van der Waals surface area contributed by atoms with Crippen LogP contribution >= 0.6 is 15.9 Å². The van der Waals surface area contributed by atoms with E-state index in [0.29, 0.717) is 4.90 Å². The molecule has 1 aliphatic rings. The lowest BCUT2D eigenvalue weighted by Crippen LogP contribution is -2.04. The largest absolute Gasteiger partial charge is 0.223 e. The summed E-state index contributed by atoms with van der Waals surface area (Å²) in [5.41, 5.74) is 2.73. The summed E-state index contributed by atoms with van der Waals surface area (Å²) in [7, 11) is -3.25. The molecular formula is C14H11BrO2S. The van der Waals surface area contributed by atoms with Crippen molar-refractivity contribution in [2.24, 2.45) is 0 Å². The Kier molecular flexibility index (Phi) is 2.79. The number of halogens is 1. The monoisotopic (exact) mass is 322 g/mol. The van der Waals surface area contributed by atoms with Crippen molar-refractivity contribution in [3.8, 4) is 0 Å². The lowest BCUT2D eigenvalue weighted by atomic mass is 10.0. The highest BCUT2D eigenvalue weighted by molar-refractivity contribution is 9.09. The zero-order valence-electron chi connectivity index (χ0n) is 9.51. The fourth-order valence-corrected chi connectivity index (χ4v) is 4.99. The summed E-state index contributed by atoms with van der Waals surface area (Å²) in [5, 5.41) is 0. The van der Waals surface area contributed by atoms with Crippen LogP contribution in [0, 0.1) is 0 Å². The first-order valence-electron chi connectivity index (χ1n) is 5.63. The Morgan fingerprint density at radius 1 is 0.944 bits per heavy atom. The van der Waals surface area contributed by atoms with Crippen molar-refractivity contribution in [1.29, 1.82) is 0 Å². The van der Waals surface area contributed by atoms with E-state index in [0.717, 1.165) is 16.7 Å². The fraction of sp³-hybridized carbons (Fsp3) is 0.143. The van der Waals surface area contributed by atoms with Crippen molar-refractivity contribution in [2.75, 3.05) is 0 Å². The van der Waals surface area contributed by atoms with Gasteiger partial charge in [-0.05, 0) is 22.8 Å². The van der Waals surface area contributed by atoms with E-state index < -0.39 is 9.84 Å². The van der Waals surface area contributed by atoms with Gasteiger partial charge >= 0.3 is 0 Å². The molecule has 0 saturated heterocycles. The van der Waals surface area contributed by atoms with Crippen molar-refractivity contribution < 1.29 is 8.42 Å². The van der Waals surface area contributed by atoms with Crippen molar-refractivity contribution >= 4 is 25.8 Å². The van der Waals surface area contributed by atoms with Crippen LogP contribution in [0.3, 0.4) is 0 Å². The lowest BCUT2D eigenvalue weighted by molar-refractivity contribution is 0.595. The topological polar surface area (TPSA) is 34.1 Å². The van der Waals surface area contributed by atoms with Crippen LogP contribution < -0.4 is 0 Å². The normalized spacial score (nSPS) is 20.6. The predicted molar refractivity (Wildman–Crippen MR) is 74.5 cm³/mol. The molecule has 1 aliphatic heterocycles. The molecule has 0 aliphatic carbocycles. The summed E-state index contributed by atoms with van der Waals surface area (Å²) in [6.07, 6.45) is 0. The summed E-state index contributed by atoms with van der Waals surface area (Å²) >= 11 is 3.62. The molecule has 3 rings (SSSR count). The van der Waals surface area contributed by atoms with Gasteiger partial charge in [0, 0.05) is 0 Å². The molecule has 0 N–H and O–H groups in total.